The van der Waals surface area contributed by atoms with Crippen molar-refractivity contribution in [3.8, 4) is 11.1 Å². The van der Waals surface area contributed by atoms with Gasteiger partial charge in [0, 0.05) is 36.0 Å². The number of nitrogens with zero attached hydrogens (tertiary/aromatic N) is 6. The molecule has 1 aliphatic carbocycles. The Bertz CT molecular complexity index is 1250. The van der Waals surface area contributed by atoms with Gasteiger partial charge in [0.15, 0.2) is 5.41 Å². The van der Waals surface area contributed by atoms with Crippen molar-refractivity contribution in [3.05, 3.63) is 80.5 Å². The molecule has 2 amide bonds. The Hall–Kier alpha value is -4.24. The highest BCUT2D eigenvalue weighted by atomic mass is 16.5. The Balaban J connectivity index is 1.46. The zero-order valence-corrected chi connectivity index (χ0v) is 26.4. The van der Waals surface area contributed by atoms with Crippen LogP contribution >= 0.6 is 0 Å². The van der Waals surface area contributed by atoms with Gasteiger partial charge in [-0.25, -0.2) is 0 Å². The number of azide groups is 2. The largest absolute Gasteiger partial charge is 0.379 e. The summed E-state index contributed by atoms with van der Waals surface area (Å²) in [7, 11) is 0. The van der Waals surface area contributed by atoms with E-state index >= 15 is 0 Å². The van der Waals surface area contributed by atoms with Crippen molar-refractivity contribution in [2.24, 2.45) is 10.2 Å². The lowest BCUT2D eigenvalue weighted by molar-refractivity contribution is -0.136. The van der Waals surface area contributed by atoms with Crippen LogP contribution in [0.25, 0.3) is 32.0 Å². The Labute approximate surface area is 273 Å². The molecule has 0 aliphatic heterocycles. The Morgan fingerprint density at radius 1 is 0.553 bits per heavy atom. The van der Waals surface area contributed by atoms with Crippen LogP contribution < -0.4 is 10.6 Å². The Morgan fingerprint density at radius 2 is 0.894 bits per heavy atom. The summed E-state index contributed by atoms with van der Waals surface area (Å²) < 4.78 is 32.6. The molecule has 0 heterocycles. The van der Waals surface area contributed by atoms with Crippen LogP contribution in [0.1, 0.15) is 11.1 Å². The van der Waals surface area contributed by atoms with Crippen LogP contribution in [0, 0.1) is 0 Å². The van der Waals surface area contributed by atoms with E-state index in [1.54, 1.807) is 0 Å². The van der Waals surface area contributed by atoms with Crippen LogP contribution in [-0.4, -0.2) is 117 Å². The number of hydrogen-bond donors (Lipinski definition) is 2. The van der Waals surface area contributed by atoms with E-state index in [1.165, 1.54) is 0 Å². The summed E-state index contributed by atoms with van der Waals surface area (Å²) in [6, 6.07) is 14.9. The predicted molar refractivity (Wildman–Crippen MR) is 172 cm³/mol. The average Bonchev–Trinajstić information content (AvgIpc) is 3.40. The van der Waals surface area contributed by atoms with Gasteiger partial charge in [-0.15, -0.1) is 0 Å². The van der Waals surface area contributed by atoms with Crippen molar-refractivity contribution < 1.29 is 38.0 Å². The van der Waals surface area contributed by atoms with Gasteiger partial charge in [0.05, 0.1) is 79.3 Å². The lowest BCUT2D eigenvalue weighted by atomic mass is 9.76. The number of amides is 2. The zero-order chi connectivity index (χ0) is 33.4. The molecule has 0 fully saturated rings. The lowest BCUT2D eigenvalue weighted by Gasteiger charge is -2.29. The number of carbonyl (C=O) groups is 2. The first-order chi connectivity index (χ1) is 23.2. The standard InChI is InChI=1S/C31H42N8O8/c32-38-36-11-15-44-19-23-46-21-17-42-13-9-34-29(40)31(27-7-3-1-5-25(27)26-6-2-4-8-28(26)31)30(41)35-10-14-43-18-22-47-24-20-45-16-12-37-39-33/h1-8H,9-24H2,(H,34,40)(H,35,41). The van der Waals surface area contributed by atoms with Gasteiger partial charge in [-0.3, -0.25) is 9.59 Å². The highest BCUT2D eigenvalue weighted by Crippen LogP contribution is 2.49. The molecule has 0 saturated carbocycles. The SMILES string of the molecule is [N-]=[N+]=NCCOCCOCCOCCNC(=O)C1(C(=O)NCCOCCOCCOCCN=[N+]=[N-])c2ccccc2-c2ccccc21. The normalized spacial score (nSPS) is 12.3. The lowest BCUT2D eigenvalue weighted by Crippen LogP contribution is -2.55. The molecule has 1 aliphatic rings. The van der Waals surface area contributed by atoms with Crippen molar-refractivity contribution in [3.63, 3.8) is 0 Å². The smallest absolute Gasteiger partial charge is 0.244 e. The molecule has 0 radical (unpaired) electrons. The summed E-state index contributed by atoms with van der Waals surface area (Å²) in [5, 5.41) is 12.6. The first kappa shape index (κ1) is 37.2. The Morgan fingerprint density at radius 3 is 1.28 bits per heavy atom. The predicted octanol–water partition coefficient (Wildman–Crippen LogP) is 2.91. The second kappa shape index (κ2) is 22.3. The first-order valence-corrected chi connectivity index (χ1v) is 15.4. The van der Waals surface area contributed by atoms with Crippen molar-refractivity contribution in [1.29, 1.82) is 0 Å². The van der Waals surface area contributed by atoms with Crippen LogP contribution in [0.3, 0.4) is 0 Å². The molecule has 3 rings (SSSR count). The molecule has 0 unspecified atom stereocenters. The minimum absolute atomic E-state index is 0.197. The van der Waals surface area contributed by atoms with Crippen LogP contribution in [0.2, 0.25) is 0 Å². The van der Waals surface area contributed by atoms with Crippen molar-refractivity contribution in [2.45, 2.75) is 5.41 Å². The number of rotatable bonds is 26. The molecule has 16 nitrogen and oxygen atoms in total. The average molecular weight is 655 g/mol. The van der Waals surface area contributed by atoms with E-state index in [1.807, 2.05) is 48.5 Å². The molecule has 0 aromatic heterocycles. The third kappa shape index (κ3) is 11.5. The van der Waals surface area contributed by atoms with E-state index in [0.717, 1.165) is 11.1 Å². The van der Waals surface area contributed by atoms with E-state index in [9.17, 15) is 9.59 Å². The van der Waals surface area contributed by atoms with Crippen molar-refractivity contribution in [2.75, 3.05) is 105 Å². The summed E-state index contributed by atoms with van der Waals surface area (Å²) in [6.45, 7) is 4.94. The van der Waals surface area contributed by atoms with Crippen molar-refractivity contribution in [1.82, 2.24) is 10.6 Å². The summed E-state index contributed by atoms with van der Waals surface area (Å²) in [5.74, 6) is -0.887. The molecule has 254 valence electrons. The summed E-state index contributed by atoms with van der Waals surface area (Å²) in [6.07, 6.45) is 0. The van der Waals surface area contributed by atoms with E-state index in [-0.39, 0.29) is 39.4 Å². The number of ether oxygens (including phenoxy) is 6. The molecule has 2 N–H and O–H groups in total. The third-order valence-corrected chi connectivity index (χ3v) is 6.98. The van der Waals surface area contributed by atoms with E-state index in [4.69, 9.17) is 39.5 Å². The topological polar surface area (TPSA) is 211 Å². The maximum Gasteiger partial charge on any atom is 0.244 e. The molecule has 0 spiro atoms. The van der Waals surface area contributed by atoms with Gasteiger partial charge in [-0.2, -0.15) is 0 Å². The summed E-state index contributed by atoms with van der Waals surface area (Å²) in [5.41, 5.74) is 17.8. The fourth-order valence-electron chi connectivity index (χ4n) is 4.95. The minimum Gasteiger partial charge on any atom is -0.379 e. The number of carbonyl (C=O) groups excluding carboxylic acids is 2. The van der Waals surface area contributed by atoms with Gasteiger partial charge in [0.25, 0.3) is 0 Å². The van der Waals surface area contributed by atoms with Crippen LogP contribution in [0.5, 0.6) is 0 Å². The minimum atomic E-state index is -1.59. The van der Waals surface area contributed by atoms with Gasteiger partial charge >= 0.3 is 0 Å². The molecule has 16 heteroatoms. The van der Waals surface area contributed by atoms with Crippen LogP contribution in [-0.2, 0) is 43.4 Å². The van der Waals surface area contributed by atoms with Crippen molar-refractivity contribution >= 4 is 11.8 Å². The van der Waals surface area contributed by atoms with Gasteiger partial charge in [-0.1, -0.05) is 58.8 Å². The second-order valence-corrected chi connectivity index (χ2v) is 9.94. The molecule has 0 atom stereocenters. The second-order valence-electron chi connectivity index (χ2n) is 9.94. The molecule has 2 aromatic carbocycles. The van der Waals surface area contributed by atoms with Gasteiger partial charge in [0.2, 0.25) is 11.8 Å². The highest BCUT2D eigenvalue weighted by molar-refractivity contribution is 6.18. The highest BCUT2D eigenvalue weighted by Gasteiger charge is 2.54. The molecular weight excluding hydrogens is 612 g/mol. The van der Waals surface area contributed by atoms with Gasteiger partial charge in [0.1, 0.15) is 0 Å². The van der Waals surface area contributed by atoms with E-state index in [0.29, 0.717) is 77.2 Å². The monoisotopic (exact) mass is 654 g/mol. The summed E-state index contributed by atoms with van der Waals surface area (Å²) in [4.78, 5) is 33.3. The maximum atomic E-state index is 14.0. The van der Waals surface area contributed by atoms with Crippen LogP contribution in [0.15, 0.2) is 58.8 Å². The number of hydrogen-bond acceptors (Lipinski definition) is 10. The number of fused-ring (bicyclic) bond motifs is 3. The summed E-state index contributed by atoms with van der Waals surface area (Å²) >= 11 is 0. The number of nitrogens with one attached hydrogen (secondary N) is 2. The number of benzene rings is 2. The fraction of sp³-hybridized carbons (Fsp3) is 0.548. The zero-order valence-electron chi connectivity index (χ0n) is 26.4. The molecule has 0 saturated heterocycles. The van der Waals surface area contributed by atoms with E-state index < -0.39 is 17.2 Å². The molecule has 47 heavy (non-hydrogen) atoms. The molecular formula is C31H42N8O8. The fourth-order valence-corrected chi connectivity index (χ4v) is 4.95. The van der Waals surface area contributed by atoms with Gasteiger partial charge < -0.3 is 39.1 Å². The molecule has 2 aromatic rings. The van der Waals surface area contributed by atoms with E-state index in [2.05, 4.69) is 30.7 Å². The Kier molecular flexibility index (Phi) is 17.7. The van der Waals surface area contributed by atoms with Gasteiger partial charge in [-0.05, 0) is 33.3 Å². The quantitative estimate of drug-likeness (QED) is 0.0505. The molecule has 0 bridgehead atoms. The maximum absolute atomic E-state index is 14.0. The van der Waals surface area contributed by atoms with Crippen LogP contribution in [0.4, 0.5) is 0 Å². The third-order valence-electron chi connectivity index (χ3n) is 6.98. The first-order valence-electron chi connectivity index (χ1n) is 15.4.